The summed E-state index contributed by atoms with van der Waals surface area (Å²) in [4.78, 5) is 0. The molecular weight excluding hydrogens is 182 g/mol. The van der Waals surface area contributed by atoms with Crippen molar-refractivity contribution in [2.75, 3.05) is 19.0 Å². The molecule has 0 aromatic heterocycles. The highest BCUT2D eigenvalue weighted by molar-refractivity contribution is 8.00. The first-order valence-electron chi connectivity index (χ1n) is 5.29. The van der Waals surface area contributed by atoms with E-state index in [2.05, 4.69) is 6.92 Å². The lowest BCUT2D eigenvalue weighted by atomic mass is 10.1. The molecule has 1 aliphatic rings. The van der Waals surface area contributed by atoms with Crippen molar-refractivity contribution in [3.63, 3.8) is 0 Å². The maximum atomic E-state index is 6.04. The van der Waals surface area contributed by atoms with E-state index in [4.69, 9.17) is 10.5 Å². The van der Waals surface area contributed by atoms with Gasteiger partial charge in [-0.05, 0) is 25.0 Å². The van der Waals surface area contributed by atoms with E-state index in [1.807, 2.05) is 11.8 Å². The highest BCUT2D eigenvalue weighted by atomic mass is 32.2. The second kappa shape index (κ2) is 6.68. The second-order valence-corrected chi connectivity index (χ2v) is 4.99. The molecule has 0 spiro atoms. The van der Waals surface area contributed by atoms with Crippen LogP contribution in [0.1, 0.15) is 32.6 Å². The summed E-state index contributed by atoms with van der Waals surface area (Å²) in [6, 6.07) is 0.247. The van der Waals surface area contributed by atoms with E-state index in [1.54, 1.807) is 0 Å². The SMILES string of the molecule is CCCOCC(N)C1CCCCS1. The van der Waals surface area contributed by atoms with Crippen LogP contribution in [-0.4, -0.2) is 30.3 Å². The molecule has 0 aliphatic carbocycles. The van der Waals surface area contributed by atoms with Crippen molar-refractivity contribution in [3.8, 4) is 0 Å². The Hall–Kier alpha value is 0.270. The van der Waals surface area contributed by atoms with E-state index in [-0.39, 0.29) is 6.04 Å². The van der Waals surface area contributed by atoms with Gasteiger partial charge < -0.3 is 10.5 Å². The molecule has 2 unspecified atom stereocenters. The Labute approximate surface area is 85.6 Å². The Kier molecular flexibility index (Phi) is 5.83. The van der Waals surface area contributed by atoms with Crippen LogP contribution in [0.15, 0.2) is 0 Å². The number of ether oxygens (including phenoxy) is 1. The topological polar surface area (TPSA) is 35.2 Å². The second-order valence-electron chi connectivity index (χ2n) is 3.64. The molecule has 1 aliphatic heterocycles. The monoisotopic (exact) mass is 203 g/mol. The largest absolute Gasteiger partial charge is 0.380 e. The molecule has 1 fully saturated rings. The average molecular weight is 203 g/mol. The highest BCUT2D eigenvalue weighted by Gasteiger charge is 2.20. The van der Waals surface area contributed by atoms with Gasteiger partial charge in [-0.15, -0.1) is 0 Å². The van der Waals surface area contributed by atoms with Gasteiger partial charge in [0.25, 0.3) is 0 Å². The molecular formula is C10H21NOS. The number of thioether (sulfide) groups is 1. The molecule has 0 bridgehead atoms. The van der Waals surface area contributed by atoms with Crippen LogP contribution < -0.4 is 5.73 Å². The van der Waals surface area contributed by atoms with Crippen LogP contribution >= 0.6 is 11.8 Å². The van der Waals surface area contributed by atoms with E-state index in [0.29, 0.717) is 5.25 Å². The van der Waals surface area contributed by atoms with Crippen LogP contribution in [0.5, 0.6) is 0 Å². The molecule has 0 radical (unpaired) electrons. The molecule has 2 nitrogen and oxygen atoms in total. The molecule has 2 N–H and O–H groups in total. The van der Waals surface area contributed by atoms with Gasteiger partial charge in [0.15, 0.2) is 0 Å². The summed E-state index contributed by atoms with van der Waals surface area (Å²) in [7, 11) is 0. The number of nitrogens with two attached hydrogens (primary N) is 1. The fraction of sp³-hybridized carbons (Fsp3) is 1.00. The van der Waals surface area contributed by atoms with Crippen molar-refractivity contribution in [3.05, 3.63) is 0 Å². The molecule has 0 saturated carbocycles. The maximum absolute atomic E-state index is 6.04. The highest BCUT2D eigenvalue weighted by Crippen LogP contribution is 2.26. The fourth-order valence-electron chi connectivity index (χ4n) is 1.57. The lowest BCUT2D eigenvalue weighted by molar-refractivity contribution is 0.120. The van der Waals surface area contributed by atoms with Crippen LogP contribution in [0.4, 0.5) is 0 Å². The van der Waals surface area contributed by atoms with Gasteiger partial charge in [-0.25, -0.2) is 0 Å². The van der Waals surface area contributed by atoms with Crippen LogP contribution in [0, 0.1) is 0 Å². The van der Waals surface area contributed by atoms with E-state index in [9.17, 15) is 0 Å². The zero-order chi connectivity index (χ0) is 9.52. The van der Waals surface area contributed by atoms with Gasteiger partial charge in [0.1, 0.15) is 0 Å². The Bertz CT molecular complexity index is 126. The standard InChI is InChI=1S/C10H21NOS/c1-2-6-12-8-9(11)10-5-3-4-7-13-10/h9-10H,2-8,11H2,1H3. The minimum atomic E-state index is 0.247. The van der Waals surface area contributed by atoms with E-state index in [0.717, 1.165) is 19.6 Å². The van der Waals surface area contributed by atoms with Crippen molar-refractivity contribution in [1.29, 1.82) is 0 Å². The third-order valence-corrected chi connectivity index (χ3v) is 3.89. The Morgan fingerprint density at radius 3 is 3.00 bits per heavy atom. The summed E-state index contributed by atoms with van der Waals surface area (Å²) in [5, 5.41) is 0.644. The molecule has 1 heterocycles. The van der Waals surface area contributed by atoms with Crippen molar-refractivity contribution in [2.24, 2.45) is 5.73 Å². The van der Waals surface area contributed by atoms with Gasteiger partial charge in [-0.1, -0.05) is 13.3 Å². The average Bonchev–Trinajstić information content (AvgIpc) is 2.19. The van der Waals surface area contributed by atoms with Gasteiger partial charge in [0, 0.05) is 17.9 Å². The third-order valence-electron chi connectivity index (χ3n) is 2.35. The molecule has 2 atom stereocenters. The first-order valence-corrected chi connectivity index (χ1v) is 6.34. The van der Waals surface area contributed by atoms with Gasteiger partial charge in [0.2, 0.25) is 0 Å². The zero-order valence-electron chi connectivity index (χ0n) is 8.50. The molecule has 0 aromatic carbocycles. The quantitative estimate of drug-likeness (QED) is 0.694. The fourth-order valence-corrected chi connectivity index (χ4v) is 2.91. The molecule has 1 saturated heterocycles. The van der Waals surface area contributed by atoms with Crippen LogP contribution in [0.2, 0.25) is 0 Å². The first-order chi connectivity index (χ1) is 6.34. The van der Waals surface area contributed by atoms with Crippen LogP contribution in [-0.2, 0) is 4.74 Å². The van der Waals surface area contributed by atoms with E-state index >= 15 is 0 Å². The molecule has 78 valence electrons. The van der Waals surface area contributed by atoms with Gasteiger partial charge in [0.05, 0.1) is 6.61 Å². The maximum Gasteiger partial charge on any atom is 0.0628 e. The van der Waals surface area contributed by atoms with Gasteiger partial charge in [-0.2, -0.15) is 11.8 Å². The number of hydrogen-bond acceptors (Lipinski definition) is 3. The summed E-state index contributed by atoms with van der Waals surface area (Å²) in [6.07, 6.45) is 5.08. The number of hydrogen-bond donors (Lipinski definition) is 1. The number of rotatable bonds is 5. The molecule has 3 heteroatoms. The summed E-state index contributed by atoms with van der Waals surface area (Å²) in [5.74, 6) is 1.28. The molecule has 13 heavy (non-hydrogen) atoms. The zero-order valence-corrected chi connectivity index (χ0v) is 9.31. The Morgan fingerprint density at radius 1 is 1.54 bits per heavy atom. The van der Waals surface area contributed by atoms with Crippen molar-refractivity contribution >= 4 is 11.8 Å². The van der Waals surface area contributed by atoms with Gasteiger partial charge in [-0.3, -0.25) is 0 Å². The van der Waals surface area contributed by atoms with Crippen molar-refractivity contribution in [2.45, 2.75) is 43.9 Å². The van der Waals surface area contributed by atoms with E-state index in [1.165, 1.54) is 25.0 Å². The Morgan fingerprint density at radius 2 is 2.38 bits per heavy atom. The summed E-state index contributed by atoms with van der Waals surface area (Å²) >= 11 is 2.02. The smallest absolute Gasteiger partial charge is 0.0628 e. The van der Waals surface area contributed by atoms with E-state index < -0.39 is 0 Å². The first kappa shape index (κ1) is 11.3. The van der Waals surface area contributed by atoms with Gasteiger partial charge >= 0.3 is 0 Å². The lowest BCUT2D eigenvalue weighted by Gasteiger charge is -2.26. The predicted octanol–water partition coefficient (Wildman–Crippen LogP) is 2.03. The normalized spacial score (nSPS) is 25.8. The van der Waals surface area contributed by atoms with Crippen molar-refractivity contribution in [1.82, 2.24) is 0 Å². The lowest BCUT2D eigenvalue weighted by Crippen LogP contribution is -2.38. The minimum Gasteiger partial charge on any atom is -0.380 e. The molecule has 0 amide bonds. The minimum absolute atomic E-state index is 0.247. The molecule has 0 aromatic rings. The van der Waals surface area contributed by atoms with Crippen LogP contribution in [0.3, 0.4) is 0 Å². The Balaban J connectivity index is 2.09. The summed E-state index contributed by atoms with van der Waals surface area (Å²) in [6.45, 7) is 3.72. The van der Waals surface area contributed by atoms with Crippen molar-refractivity contribution < 1.29 is 4.74 Å². The van der Waals surface area contributed by atoms with Crippen LogP contribution in [0.25, 0.3) is 0 Å². The third kappa shape index (κ3) is 4.34. The summed E-state index contributed by atoms with van der Waals surface area (Å²) < 4.78 is 5.46. The summed E-state index contributed by atoms with van der Waals surface area (Å²) in [5.41, 5.74) is 6.04. The molecule has 1 rings (SSSR count). The predicted molar refractivity (Wildman–Crippen MR) is 59.2 cm³/mol.